The first kappa shape index (κ1) is 14.9. The maximum atomic E-state index is 12.7. The van der Waals surface area contributed by atoms with Crippen LogP contribution >= 0.6 is 12.9 Å². The highest BCUT2D eigenvalue weighted by atomic mass is 32.1. The number of ether oxygens (including phenoxy) is 1. The topological polar surface area (TPSA) is 44.8 Å². The van der Waals surface area contributed by atoms with Crippen LogP contribution < -0.4 is 0 Å². The second kappa shape index (κ2) is 7.30. The molecule has 0 heterocycles. The van der Waals surface area contributed by atoms with Crippen LogP contribution in [0.2, 0.25) is 0 Å². The van der Waals surface area contributed by atoms with Crippen molar-refractivity contribution in [3.63, 3.8) is 0 Å². The number of rotatable bonds is 7. The third kappa shape index (κ3) is 4.99. The molecule has 0 aliphatic rings. The fourth-order valence-corrected chi connectivity index (χ4v) is 1.34. The molecule has 18 heavy (non-hydrogen) atoms. The highest BCUT2D eigenvalue weighted by molar-refractivity contribution is 7.74. The van der Waals surface area contributed by atoms with Crippen molar-refractivity contribution < 1.29 is 27.5 Å². The van der Waals surface area contributed by atoms with Gasteiger partial charge >= 0.3 is 12.1 Å². The van der Waals surface area contributed by atoms with Gasteiger partial charge in [0.15, 0.2) is 0 Å². The van der Waals surface area contributed by atoms with Crippen molar-refractivity contribution in [3.8, 4) is 0 Å². The van der Waals surface area contributed by atoms with Gasteiger partial charge in [-0.15, -0.1) is 4.89 Å². The van der Waals surface area contributed by atoms with Gasteiger partial charge in [-0.3, -0.25) is 0 Å². The molecule has 0 saturated heterocycles. The Morgan fingerprint density at radius 1 is 1.28 bits per heavy atom. The zero-order chi connectivity index (χ0) is 13.4. The van der Waals surface area contributed by atoms with Crippen LogP contribution in [-0.2, 0) is 25.2 Å². The Morgan fingerprint density at radius 3 is 2.56 bits per heavy atom. The second-order valence-corrected chi connectivity index (χ2v) is 3.55. The Labute approximate surface area is 108 Å². The zero-order valence-corrected chi connectivity index (χ0v) is 10.2. The third-order valence-electron chi connectivity index (χ3n) is 2.07. The van der Waals surface area contributed by atoms with Crippen LogP contribution in [-0.4, -0.2) is 18.7 Å². The molecule has 7 heteroatoms. The fraction of sp³-hybridized carbons (Fsp3) is 0.364. The highest BCUT2D eigenvalue weighted by Crippen LogP contribution is 2.18. The zero-order valence-electron chi connectivity index (χ0n) is 9.34. The number of carbonyl (C=O) groups excluding carboxylic acids is 1. The van der Waals surface area contributed by atoms with E-state index in [2.05, 4.69) is 26.9 Å². The molecule has 0 aliphatic carbocycles. The molecule has 0 fully saturated rings. The summed E-state index contributed by atoms with van der Waals surface area (Å²) in [5.41, 5.74) is 1.04. The van der Waals surface area contributed by atoms with Crippen molar-refractivity contribution in [1.29, 1.82) is 0 Å². The lowest BCUT2D eigenvalue weighted by Gasteiger charge is -2.12. The predicted octanol–water partition coefficient (Wildman–Crippen LogP) is 2.55. The summed E-state index contributed by atoms with van der Waals surface area (Å²) >= 11 is 2.96. The van der Waals surface area contributed by atoms with Gasteiger partial charge in [0.2, 0.25) is 0 Å². The maximum Gasteiger partial charge on any atom is 0.483 e. The minimum atomic E-state index is -4.14. The molecule has 1 rings (SSSR count). The Hall–Kier alpha value is -1.18. The Balaban J connectivity index is 2.24. The highest BCUT2D eigenvalue weighted by Gasteiger charge is 2.44. The first-order valence-corrected chi connectivity index (χ1v) is 5.51. The monoisotopic (exact) mass is 278 g/mol. The van der Waals surface area contributed by atoms with Crippen LogP contribution in [0, 0.1) is 0 Å². The fourth-order valence-electron chi connectivity index (χ4n) is 1.25. The van der Waals surface area contributed by atoms with E-state index in [1.165, 1.54) is 0 Å². The number of benzene rings is 1. The normalized spacial score (nSPS) is 11.3. The van der Waals surface area contributed by atoms with E-state index in [0.29, 0.717) is 12.8 Å². The summed E-state index contributed by atoms with van der Waals surface area (Å²) in [7, 11) is 0. The minimum Gasteiger partial charge on any atom is -0.459 e. The summed E-state index contributed by atoms with van der Waals surface area (Å²) in [6, 6.07) is 9.40. The molecule has 1 aromatic carbocycles. The van der Waals surface area contributed by atoms with Gasteiger partial charge in [0, 0.05) is 12.9 Å². The molecule has 0 amide bonds. The molecule has 100 valence electrons. The summed E-state index contributed by atoms with van der Waals surface area (Å²) in [5.74, 6) is -1.80. The van der Waals surface area contributed by atoms with E-state index in [4.69, 9.17) is 0 Å². The van der Waals surface area contributed by atoms with Crippen LogP contribution in [0.15, 0.2) is 30.3 Å². The number of alkyl halides is 2. The number of halogens is 2. The average molecular weight is 278 g/mol. The van der Waals surface area contributed by atoms with Gasteiger partial charge in [-0.1, -0.05) is 30.3 Å². The van der Waals surface area contributed by atoms with E-state index in [-0.39, 0.29) is 6.61 Å². The largest absolute Gasteiger partial charge is 0.483 e. The second-order valence-electron chi connectivity index (χ2n) is 3.40. The number of esters is 1. The van der Waals surface area contributed by atoms with Crippen LogP contribution in [0.5, 0.6) is 0 Å². The lowest BCUT2D eigenvalue weighted by Crippen LogP contribution is -2.33. The lowest BCUT2D eigenvalue weighted by atomic mass is 10.1. The van der Waals surface area contributed by atoms with Gasteiger partial charge in [0.05, 0.1) is 6.61 Å². The maximum absolute atomic E-state index is 12.7. The average Bonchev–Trinajstić information content (AvgIpc) is 2.35. The Bertz CT molecular complexity index is 373. The van der Waals surface area contributed by atoms with E-state index in [1.807, 2.05) is 30.3 Å². The minimum absolute atomic E-state index is 0.126. The molecule has 0 radical (unpaired) electrons. The molecule has 0 aliphatic heterocycles. The van der Waals surface area contributed by atoms with Crippen LogP contribution in [0.3, 0.4) is 0 Å². The van der Waals surface area contributed by atoms with Crippen LogP contribution in [0.1, 0.15) is 12.0 Å². The molecule has 0 saturated carbocycles. The van der Waals surface area contributed by atoms with E-state index in [9.17, 15) is 13.6 Å². The number of carbonyl (C=O) groups is 1. The first-order chi connectivity index (χ1) is 8.56. The summed E-state index contributed by atoms with van der Waals surface area (Å²) in [5, 5.41) is 0. The van der Waals surface area contributed by atoms with Crippen molar-refractivity contribution in [1.82, 2.24) is 0 Å². The van der Waals surface area contributed by atoms with E-state index < -0.39 is 12.1 Å². The summed E-state index contributed by atoms with van der Waals surface area (Å²) in [4.78, 5) is 14.2. The molecule has 1 aromatic rings. The van der Waals surface area contributed by atoms with Gasteiger partial charge in [-0.05, 0) is 18.4 Å². The van der Waals surface area contributed by atoms with Crippen LogP contribution in [0.4, 0.5) is 8.78 Å². The van der Waals surface area contributed by atoms with Crippen molar-refractivity contribution in [2.24, 2.45) is 0 Å². The standard InChI is InChI=1S/C11H12F2O4S/c12-11(13,16-17-18)10(14)15-8-4-7-9-5-2-1-3-6-9/h1-3,5-6,18H,4,7-8H2. The molecular weight excluding hydrogens is 266 g/mol. The molecule has 0 spiro atoms. The van der Waals surface area contributed by atoms with Crippen molar-refractivity contribution in [3.05, 3.63) is 35.9 Å². The van der Waals surface area contributed by atoms with Gasteiger partial charge < -0.3 is 4.74 Å². The number of thiol groups is 1. The van der Waals surface area contributed by atoms with Gasteiger partial charge in [-0.25, -0.2) is 4.79 Å². The van der Waals surface area contributed by atoms with Crippen molar-refractivity contribution in [2.45, 2.75) is 19.0 Å². The van der Waals surface area contributed by atoms with E-state index in [1.54, 1.807) is 0 Å². The van der Waals surface area contributed by atoms with Crippen LogP contribution in [0.25, 0.3) is 0 Å². The van der Waals surface area contributed by atoms with E-state index in [0.717, 1.165) is 5.56 Å². The molecule has 0 bridgehead atoms. The number of hydrogen-bond donors (Lipinski definition) is 1. The summed E-state index contributed by atoms with van der Waals surface area (Å²) < 4.78 is 33.2. The quantitative estimate of drug-likeness (QED) is 0.208. The van der Waals surface area contributed by atoms with Crippen molar-refractivity contribution in [2.75, 3.05) is 6.61 Å². The molecule has 4 nitrogen and oxygen atoms in total. The molecule has 0 aromatic heterocycles. The van der Waals surface area contributed by atoms with Gasteiger partial charge in [-0.2, -0.15) is 13.1 Å². The molecule has 0 N–H and O–H groups in total. The number of hydrogen-bond acceptors (Lipinski definition) is 5. The summed E-state index contributed by atoms with van der Waals surface area (Å²) in [6.07, 6.45) is -3.08. The molecular formula is C11H12F2O4S. The first-order valence-electron chi connectivity index (χ1n) is 5.14. The van der Waals surface area contributed by atoms with Crippen molar-refractivity contribution >= 4 is 18.9 Å². The Morgan fingerprint density at radius 2 is 1.94 bits per heavy atom. The smallest absolute Gasteiger partial charge is 0.459 e. The predicted molar refractivity (Wildman–Crippen MR) is 61.8 cm³/mol. The molecule has 0 unspecified atom stereocenters. The number of aryl methyl sites for hydroxylation is 1. The van der Waals surface area contributed by atoms with Gasteiger partial charge in [0.25, 0.3) is 0 Å². The molecule has 0 atom stereocenters. The summed E-state index contributed by atoms with van der Waals surface area (Å²) in [6.45, 7) is -0.126. The SMILES string of the molecule is O=C(OCCCc1ccccc1)C(F)(F)OOS. The van der Waals surface area contributed by atoms with E-state index >= 15 is 0 Å². The lowest BCUT2D eigenvalue weighted by molar-refractivity contribution is -0.369. The Kier molecular flexibility index (Phi) is 6.03. The van der Waals surface area contributed by atoms with Gasteiger partial charge in [0.1, 0.15) is 0 Å². The third-order valence-corrected chi connectivity index (χ3v) is 2.14.